The van der Waals surface area contributed by atoms with Gasteiger partial charge in [-0.3, -0.25) is 0 Å². The number of aromatic carboxylic acids is 1. The lowest BCUT2D eigenvalue weighted by Crippen LogP contribution is -2.14. The molecular formula is C15H13ClFNO2. The highest BCUT2D eigenvalue weighted by molar-refractivity contribution is 6.31. The minimum Gasteiger partial charge on any atom is -0.478 e. The Hall–Kier alpha value is -1.91. The first-order valence-corrected chi connectivity index (χ1v) is 6.41. The van der Waals surface area contributed by atoms with Gasteiger partial charge in [0.1, 0.15) is 5.82 Å². The maximum atomic E-state index is 13.6. The molecule has 2 rings (SSSR count). The molecule has 0 heterocycles. The molecule has 0 aliphatic rings. The van der Waals surface area contributed by atoms with Crippen LogP contribution in [-0.2, 0) is 13.1 Å². The molecule has 0 aliphatic carbocycles. The van der Waals surface area contributed by atoms with E-state index in [4.69, 9.17) is 16.7 Å². The summed E-state index contributed by atoms with van der Waals surface area (Å²) in [6.45, 7) is 0.717. The fraction of sp³-hybridized carbons (Fsp3) is 0.133. The summed E-state index contributed by atoms with van der Waals surface area (Å²) in [5.74, 6) is -1.50. The molecular weight excluding hydrogens is 281 g/mol. The lowest BCUT2D eigenvalue weighted by molar-refractivity contribution is 0.0696. The third-order valence-electron chi connectivity index (χ3n) is 2.88. The van der Waals surface area contributed by atoms with Gasteiger partial charge in [-0.25, -0.2) is 9.18 Å². The van der Waals surface area contributed by atoms with Crippen LogP contribution in [0.2, 0.25) is 5.02 Å². The normalized spacial score (nSPS) is 10.5. The Kier molecular flexibility index (Phi) is 4.71. The van der Waals surface area contributed by atoms with E-state index in [1.54, 1.807) is 6.07 Å². The van der Waals surface area contributed by atoms with E-state index in [9.17, 15) is 9.18 Å². The van der Waals surface area contributed by atoms with Crippen molar-refractivity contribution in [3.63, 3.8) is 0 Å². The number of benzene rings is 2. The number of hydrogen-bond donors (Lipinski definition) is 2. The molecule has 0 saturated carbocycles. The molecule has 0 saturated heterocycles. The van der Waals surface area contributed by atoms with Gasteiger partial charge in [0.15, 0.2) is 0 Å². The number of nitrogens with one attached hydrogen (secondary N) is 1. The summed E-state index contributed by atoms with van der Waals surface area (Å²) in [6.07, 6.45) is 0. The lowest BCUT2D eigenvalue weighted by Gasteiger charge is -2.08. The topological polar surface area (TPSA) is 49.3 Å². The monoisotopic (exact) mass is 293 g/mol. The Labute approximate surface area is 121 Å². The van der Waals surface area contributed by atoms with Crippen LogP contribution in [0.5, 0.6) is 0 Å². The number of rotatable bonds is 5. The van der Waals surface area contributed by atoms with Crippen LogP contribution >= 0.6 is 11.6 Å². The predicted octanol–water partition coefficient (Wildman–Crippen LogP) is 3.47. The van der Waals surface area contributed by atoms with Crippen LogP contribution in [0.25, 0.3) is 0 Å². The molecule has 0 atom stereocenters. The van der Waals surface area contributed by atoms with E-state index in [-0.39, 0.29) is 12.1 Å². The van der Waals surface area contributed by atoms with Crippen molar-refractivity contribution in [3.05, 3.63) is 70.0 Å². The van der Waals surface area contributed by atoms with E-state index in [1.807, 2.05) is 18.2 Å². The van der Waals surface area contributed by atoms with Crippen LogP contribution in [0.3, 0.4) is 0 Å². The van der Waals surface area contributed by atoms with Gasteiger partial charge < -0.3 is 10.4 Å². The van der Waals surface area contributed by atoms with Gasteiger partial charge in [-0.1, -0.05) is 29.8 Å². The molecule has 20 heavy (non-hydrogen) atoms. The maximum absolute atomic E-state index is 13.6. The first kappa shape index (κ1) is 14.5. The zero-order valence-corrected chi connectivity index (χ0v) is 11.3. The Morgan fingerprint density at radius 1 is 1.15 bits per heavy atom. The van der Waals surface area contributed by atoms with E-state index >= 15 is 0 Å². The summed E-state index contributed by atoms with van der Waals surface area (Å²) in [7, 11) is 0. The fourth-order valence-electron chi connectivity index (χ4n) is 1.82. The van der Waals surface area contributed by atoms with Gasteiger partial charge in [0.05, 0.1) is 5.56 Å². The zero-order valence-electron chi connectivity index (χ0n) is 10.6. The fourth-order valence-corrected chi connectivity index (χ4v) is 2.02. The highest BCUT2D eigenvalue weighted by Gasteiger charge is 2.08. The number of halogens is 2. The third kappa shape index (κ3) is 3.56. The second-order valence-electron chi connectivity index (χ2n) is 4.31. The van der Waals surface area contributed by atoms with Gasteiger partial charge in [-0.2, -0.15) is 0 Å². The highest BCUT2D eigenvalue weighted by atomic mass is 35.5. The summed E-state index contributed by atoms with van der Waals surface area (Å²) in [4.78, 5) is 10.8. The molecule has 0 bridgehead atoms. The van der Waals surface area contributed by atoms with Crippen LogP contribution in [-0.4, -0.2) is 11.1 Å². The van der Waals surface area contributed by atoms with Crippen molar-refractivity contribution >= 4 is 17.6 Å². The van der Waals surface area contributed by atoms with Crippen molar-refractivity contribution in [3.8, 4) is 0 Å². The van der Waals surface area contributed by atoms with Crippen molar-refractivity contribution < 1.29 is 14.3 Å². The second kappa shape index (κ2) is 6.50. The van der Waals surface area contributed by atoms with Gasteiger partial charge in [0.25, 0.3) is 0 Å². The van der Waals surface area contributed by atoms with Crippen molar-refractivity contribution in [2.24, 2.45) is 0 Å². The Balaban J connectivity index is 2.02. The SMILES string of the molecule is O=C(O)c1ccc(F)c(CNCc2ccccc2Cl)c1. The molecule has 0 amide bonds. The van der Waals surface area contributed by atoms with E-state index in [0.29, 0.717) is 17.1 Å². The molecule has 2 aromatic rings. The Morgan fingerprint density at radius 2 is 1.85 bits per heavy atom. The molecule has 0 unspecified atom stereocenters. The molecule has 3 nitrogen and oxygen atoms in total. The first-order chi connectivity index (χ1) is 9.58. The second-order valence-corrected chi connectivity index (χ2v) is 4.71. The van der Waals surface area contributed by atoms with Gasteiger partial charge in [-0.05, 0) is 29.8 Å². The van der Waals surface area contributed by atoms with Gasteiger partial charge in [0.2, 0.25) is 0 Å². The standard InChI is InChI=1S/C15H13ClFNO2/c16-13-4-2-1-3-11(13)8-18-9-12-7-10(15(19)20)5-6-14(12)17/h1-7,18H,8-9H2,(H,19,20). The van der Waals surface area contributed by atoms with Crippen LogP contribution < -0.4 is 5.32 Å². The summed E-state index contributed by atoms with van der Waals surface area (Å²) in [5.41, 5.74) is 1.29. The smallest absolute Gasteiger partial charge is 0.335 e. The molecule has 0 aliphatic heterocycles. The molecule has 2 aromatic carbocycles. The molecule has 0 radical (unpaired) electrons. The summed E-state index contributed by atoms with van der Waals surface area (Å²) >= 11 is 6.01. The van der Waals surface area contributed by atoms with Crippen molar-refractivity contribution in [2.45, 2.75) is 13.1 Å². The molecule has 0 fully saturated rings. The Bertz CT molecular complexity index is 631. The average Bonchev–Trinajstić information content (AvgIpc) is 2.42. The lowest BCUT2D eigenvalue weighted by atomic mass is 10.1. The quantitative estimate of drug-likeness (QED) is 0.887. The van der Waals surface area contributed by atoms with E-state index in [1.165, 1.54) is 12.1 Å². The number of carboxylic acids is 1. The molecule has 0 spiro atoms. The van der Waals surface area contributed by atoms with Gasteiger partial charge >= 0.3 is 5.97 Å². The summed E-state index contributed by atoms with van der Waals surface area (Å²) in [5, 5.41) is 12.6. The first-order valence-electron chi connectivity index (χ1n) is 6.04. The number of hydrogen-bond acceptors (Lipinski definition) is 2. The minimum absolute atomic E-state index is 0.0703. The minimum atomic E-state index is -1.07. The molecule has 2 N–H and O–H groups in total. The van der Waals surface area contributed by atoms with Crippen LogP contribution in [0.15, 0.2) is 42.5 Å². The van der Waals surface area contributed by atoms with Gasteiger partial charge in [-0.15, -0.1) is 0 Å². The summed E-state index contributed by atoms with van der Waals surface area (Å²) in [6, 6.07) is 11.1. The number of carboxylic acid groups (broad SMARTS) is 1. The van der Waals surface area contributed by atoms with Crippen molar-refractivity contribution in [1.29, 1.82) is 0 Å². The van der Waals surface area contributed by atoms with E-state index in [0.717, 1.165) is 11.6 Å². The third-order valence-corrected chi connectivity index (χ3v) is 3.25. The van der Waals surface area contributed by atoms with Gasteiger partial charge in [0, 0.05) is 23.7 Å². The van der Waals surface area contributed by atoms with Crippen molar-refractivity contribution in [2.75, 3.05) is 0 Å². The van der Waals surface area contributed by atoms with Crippen LogP contribution in [0.4, 0.5) is 4.39 Å². The predicted molar refractivity (Wildman–Crippen MR) is 75.4 cm³/mol. The Morgan fingerprint density at radius 3 is 2.55 bits per heavy atom. The highest BCUT2D eigenvalue weighted by Crippen LogP contribution is 2.15. The maximum Gasteiger partial charge on any atom is 0.335 e. The van der Waals surface area contributed by atoms with Crippen LogP contribution in [0, 0.1) is 5.82 Å². The summed E-state index contributed by atoms with van der Waals surface area (Å²) < 4.78 is 13.6. The van der Waals surface area contributed by atoms with Crippen LogP contribution in [0.1, 0.15) is 21.5 Å². The van der Waals surface area contributed by atoms with Crippen molar-refractivity contribution in [1.82, 2.24) is 5.32 Å². The number of carbonyl (C=O) groups is 1. The zero-order chi connectivity index (χ0) is 14.5. The average molecular weight is 294 g/mol. The van der Waals surface area contributed by atoms with E-state index in [2.05, 4.69) is 5.32 Å². The molecule has 104 valence electrons. The molecule has 0 aromatic heterocycles. The van der Waals surface area contributed by atoms with E-state index < -0.39 is 11.8 Å². The molecule has 5 heteroatoms. The largest absolute Gasteiger partial charge is 0.478 e.